The molecule has 1 aromatic carbocycles. The van der Waals surface area contributed by atoms with Crippen LogP contribution in [0, 0.1) is 5.41 Å². The van der Waals surface area contributed by atoms with Gasteiger partial charge in [0.05, 0.1) is 0 Å². The van der Waals surface area contributed by atoms with Crippen LogP contribution in [0.4, 0.5) is 5.69 Å². The number of para-hydroxylation sites is 1. The first-order chi connectivity index (χ1) is 7.49. The van der Waals surface area contributed by atoms with Gasteiger partial charge in [-0.1, -0.05) is 26.0 Å². The van der Waals surface area contributed by atoms with E-state index in [4.69, 9.17) is 0 Å². The first kappa shape index (κ1) is 11.2. The number of anilines is 1. The summed E-state index contributed by atoms with van der Waals surface area (Å²) >= 11 is 0. The fourth-order valence-corrected chi connectivity index (χ4v) is 2.37. The van der Waals surface area contributed by atoms with Crippen molar-refractivity contribution in [1.82, 2.24) is 0 Å². The van der Waals surface area contributed by atoms with Gasteiger partial charge in [-0.25, -0.2) is 0 Å². The van der Waals surface area contributed by atoms with Crippen LogP contribution in [0.3, 0.4) is 0 Å². The van der Waals surface area contributed by atoms with Crippen molar-refractivity contribution in [3.05, 3.63) is 29.8 Å². The fourth-order valence-electron chi connectivity index (χ4n) is 2.37. The minimum atomic E-state index is 0.153. The van der Waals surface area contributed by atoms with Crippen molar-refractivity contribution in [2.75, 3.05) is 18.0 Å². The molecule has 1 heterocycles. The molecule has 2 nitrogen and oxygen atoms in total. The second kappa shape index (κ2) is 3.93. The van der Waals surface area contributed by atoms with Crippen LogP contribution < -0.4 is 4.90 Å². The molecular formula is C14H19NO. The Morgan fingerprint density at radius 3 is 2.56 bits per heavy atom. The maximum absolute atomic E-state index is 11.6. The van der Waals surface area contributed by atoms with Crippen molar-refractivity contribution in [3.8, 4) is 0 Å². The Balaban J connectivity index is 2.31. The summed E-state index contributed by atoms with van der Waals surface area (Å²) in [7, 11) is 0. The van der Waals surface area contributed by atoms with Gasteiger partial charge in [0.1, 0.15) is 0 Å². The van der Waals surface area contributed by atoms with E-state index in [2.05, 4.69) is 24.8 Å². The van der Waals surface area contributed by atoms with E-state index in [9.17, 15) is 4.79 Å². The molecule has 1 saturated heterocycles. The lowest BCUT2D eigenvalue weighted by Gasteiger charge is -2.23. The molecule has 0 atom stereocenters. The van der Waals surface area contributed by atoms with Crippen LogP contribution in [0.5, 0.6) is 0 Å². The lowest BCUT2D eigenvalue weighted by molar-refractivity contribution is 0.101. The van der Waals surface area contributed by atoms with Gasteiger partial charge in [-0.2, -0.15) is 0 Å². The third-order valence-corrected chi connectivity index (χ3v) is 3.30. The summed E-state index contributed by atoms with van der Waals surface area (Å²) in [4.78, 5) is 13.9. The molecule has 0 aromatic heterocycles. The van der Waals surface area contributed by atoms with Gasteiger partial charge in [0.2, 0.25) is 0 Å². The van der Waals surface area contributed by atoms with Crippen LogP contribution in [-0.2, 0) is 0 Å². The van der Waals surface area contributed by atoms with Crippen LogP contribution in [0.15, 0.2) is 24.3 Å². The maximum atomic E-state index is 11.6. The number of ketones is 1. The average Bonchev–Trinajstić information content (AvgIpc) is 2.59. The SMILES string of the molecule is CC(=O)c1ccccc1N1CCC(C)(C)C1. The van der Waals surface area contributed by atoms with Gasteiger partial charge in [-0.05, 0) is 30.9 Å². The van der Waals surface area contributed by atoms with Gasteiger partial charge in [-0.15, -0.1) is 0 Å². The molecule has 0 saturated carbocycles. The van der Waals surface area contributed by atoms with E-state index >= 15 is 0 Å². The molecule has 86 valence electrons. The summed E-state index contributed by atoms with van der Waals surface area (Å²) in [5, 5.41) is 0. The molecule has 0 bridgehead atoms. The van der Waals surface area contributed by atoms with E-state index in [0.717, 1.165) is 24.3 Å². The van der Waals surface area contributed by atoms with Crippen LogP contribution in [-0.4, -0.2) is 18.9 Å². The second-order valence-corrected chi connectivity index (χ2v) is 5.41. The van der Waals surface area contributed by atoms with Gasteiger partial charge in [0.25, 0.3) is 0 Å². The molecular weight excluding hydrogens is 198 g/mol. The Labute approximate surface area is 97.3 Å². The summed E-state index contributed by atoms with van der Waals surface area (Å²) in [5.74, 6) is 0.153. The minimum Gasteiger partial charge on any atom is -0.370 e. The van der Waals surface area contributed by atoms with Crippen molar-refractivity contribution in [2.24, 2.45) is 5.41 Å². The third kappa shape index (κ3) is 2.11. The summed E-state index contributed by atoms with van der Waals surface area (Å²) in [5.41, 5.74) is 2.31. The number of hydrogen-bond acceptors (Lipinski definition) is 2. The highest BCUT2D eigenvalue weighted by Crippen LogP contribution is 2.33. The molecule has 2 heteroatoms. The normalized spacial score (nSPS) is 18.8. The molecule has 2 rings (SSSR count). The Bertz CT molecular complexity index is 409. The van der Waals surface area contributed by atoms with Crippen molar-refractivity contribution in [1.29, 1.82) is 0 Å². The number of benzene rings is 1. The van der Waals surface area contributed by atoms with E-state index < -0.39 is 0 Å². The number of rotatable bonds is 2. The summed E-state index contributed by atoms with van der Waals surface area (Å²) in [6, 6.07) is 7.91. The monoisotopic (exact) mass is 217 g/mol. The van der Waals surface area contributed by atoms with E-state index in [-0.39, 0.29) is 5.78 Å². The lowest BCUT2D eigenvalue weighted by Crippen LogP contribution is -2.24. The summed E-state index contributed by atoms with van der Waals surface area (Å²) in [6.07, 6.45) is 1.19. The zero-order valence-electron chi connectivity index (χ0n) is 10.3. The van der Waals surface area contributed by atoms with Crippen molar-refractivity contribution in [3.63, 3.8) is 0 Å². The number of hydrogen-bond donors (Lipinski definition) is 0. The average molecular weight is 217 g/mol. The molecule has 1 aliphatic heterocycles. The quantitative estimate of drug-likeness (QED) is 0.709. The van der Waals surface area contributed by atoms with Gasteiger partial charge in [-0.3, -0.25) is 4.79 Å². The number of carbonyl (C=O) groups excluding carboxylic acids is 1. The largest absolute Gasteiger partial charge is 0.370 e. The van der Waals surface area contributed by atoms with Crippen LogP contribution in [0.25, 0.3) is 0 Å². The van der Waals surface area contributed by atoms with Crippen molar-refractivity contribution >= 4 is 11.5 Å². The Kier molecular flexibility index (Phi) is 2.75. The molecule has 0 N–H and O–H groups in total. The topological polar surface area (TPSA) is 20.3 Å². The molecule has 0 radical (unpaired) electrons. The summed E-state index contributed by atoms with van der Waals surface area (Å²) < 4.78 is 0. The Morgan fingerprint density at radius 2 is 2.00 bits per heavy atom. The van der Waals surface area contributed by atoms with Crippen molar-refractivity contribution in [2.45, 2.75) is 27.2 Å². The predicted octanol–water partition coefficient (Wildman–Crippen LogP) is 3.13. The van der Waals surface area contributed by atoms with E-state index in [0.29, 0.717) is 5.41 Å². The van der Waals surface area contributed by atoms with E-state index in [1.165, 1.54) is 6.42 Å². The molecule has 1 aliphatic rings. The number of Topliss-reactive ketones (excluding diaryl/α,β-unsaturated/α-hetero) is 1. The van der Waals surface area contributed by atoms with Crippen LogP contribution in [0.1, 0.15) is 37.6 Å². The fraction of sp³-hybridized carbons (Fsp3) is 0.500. The van der Waals surface area contributed by atoms with Crippen LogP contribution >= 0.6 is 0 Å². The smallest absolute Gasteiger partial charge is 0.161 e. The number of carbonyl (C=O) groups is 1. The van der Waals surface area contributed by atoms with Crippen LogP contribution in [0.2, 0.25) is 0 Å². The van der Waals surface area contributed by atoms with E-state index in [1.54, 1.807) is 6.92 Å². The van der Waals surface area contributed by atoms with Gasteiger partial charge in [0, 0.05) is 24.3 Å². The molecule has 0 spiro atoms. The predicted molar refractivity (Wildman–Crippen MR) is 67.1 cm³/mol. The number of nitrogens with zero attached hydrogens (tertiary/aromatic N) is 1. The Hall–Kier alpha value is -1.31. The van der Waals surface area contributed by atoms with Crippen molar-refractivity contribution < 1.29 is 4.79 Å². The van der Waals surface area contributed by atoms with Gasteiger partial charge >= 0.3 is 0 Å². The van der Waals surface area contributed by atoms with E-state index in [1.807, 2.05) is 18.2 Å². The first-order valence-corrected chi connectivity index (χ1v) is 5.84. The Morgan fingerprint density at radius 1 is 1.31 bits per heavy atom. The zero-order valence-corrected chi connectivity index (χ0v) is 10.3. The highest BCUT2D eigenvalue weighted by molar-refractivity contribution is 5.99. The van der Waals surface area contributed by atoms with Gasteiger partial charge in [0.15, 0.2) is 5.78 Å². The molecule has 16 heavy (non-hydrogen) atoms. The second-order valence-electron chi connectivity index (χ2n) is 5.41. The third-order valence-electron chi connectivity index (χ3n) is 3.30. The molecule has 0 amide bonds. The zero-order chi connectivity index (χ0) is 11.8. The highest BCUT2D eigenvalue weighted by Gasteiger charge is 2.30. The highest BCUT2D eigenvalue weighted by atomic mass is 16.1. The molecule has 0 aliphatic carbocycles. The first-order valence-electron chi connectivity index (χ1n) is 5.84. The summed E-state index contributed by atoms with van der Waals surface area (Å²) in [6.45, 7) is 8.29. The van der Waals surface area contributed by atoms with Gasteiger partial charge < -0.3 is 4.90 Å². The molecule has 0 unspecified atom stereocenters. The maximum Gasteiger partial charge on any atom is 0.161 e. The molecule has 1 fully saturated rings. The lowest BCUT2D eigenvalue weighted by atomic mass is 9.93. The standard InChI is InChI=1S/C14H19NO/c1-11(16)12-6-4-5-7-13(12)15-9-8-14(2,3)10-15/h4-7H,8-10H2,1-3H3. The minimum absolute atomic E-state index is 0.153. The molecule has 1 aromatic rings.